The second-order valence-corrected chi connectivity index (χ2v) is 5.20. The van der Waals surface area contributed by atoms with Gasteiger partial charge in [0.1, 0.15) is 11.7 Å². The number of aliphatic hydroxyl groups is 1. The SMILES string of the molecule is O=C([C@@H]1CCN(c2ccc(F)cc2)C1=O)N1CC(O)C1. The number of β-amino-alcohol motifs (C(OH)–C–C–N with tert-alkyl or cyclic N) is 1. The van der Waals surface area contributed by atoms with Gasteiger partial charge in [-0.2, -0.15) is 0 Å². The van der Waals surface area contributed by atoms with Crippen molar-refractivity contribution in [2.75, 3.05) is 24.5 Å². The van der Waals surface area contributed by atoms with Crippen LogP contribution in [0.15, 0.2) is 24.3 Å². The summed E-state index contributed by atoms with van der Waals surface area (Å²) in [7, 11) is 0. The Morgan fingerprint density at radius 2 is 1.90 bits per heavy atom. The molecule has 3 rings (SSSR count). The van der Waals surface area contributed by atoms with Crippen LogP contribution in [0.3, 0.4) is 0 Å². The van der Waals surface area contributed by atoms with E-state index in [2.05, 4.69) is 0 Å². The number of halogens is 1. The lowest BCUT2D eigenvalue weighted by Gasteiger charge is -2.37. The van der Waals surface area contributed by atoms with Crippen LogP contribution in [0.4, 0.5) is 10.1 Å². The van der Waals surface area contributed by atoms with Gasteiger partial charge < -0.3 is 14.9 Å². The molecule has 0 radical (unpaired) electrons. The number of amides is 2. The Hall–Kier alpha value is -1.95. The van der Waals surface area contributed by atoms with E-state index in [4.69, 9.17) is 0 Å². The summed E-state index contributed by atoms with van der Waals surface area (Å²) in [5, 5.41) is 9.21. The summed E-state index contributed by atoms with van der Waals surface area (Å²) in [5.41, 5.74) is 0.607. The van der Waals surface area contributed by atoms with Crippen molar-refractivity contribution >= 4 is 17.5 Å². The highest BCUT2D eigenvalue weighted by Crippen LogP contribution is 2.27. The van der Waals surface area contributed by atoms with Crippen molar-refractivity contribution in [3.05, 3.63) is 30.1 Å². The lowest BCUT2D eigenvalue weighted by molar-refractivity contribution is -0.148. The summed E-state index contributed by atoms with van der Waals surface area (Å²) in [4.78, 5) is 27.4. The van der Waals surface area contributed by atoms with E-state index in [0.29, 0.717) is 31.7 Å². The topological polar surface area (TPSA) is 60.9 Å². The zero-order chi connectivity index (χ0) is 14.3. The number of benzene rings is 1. The first-order chi connectivity index (χ1) is 9.56. The van der Waals surface area contributed by atoms with Crippen LogP contribution in [0, 0.1) is 11.7 Å². The molecule has 2 saturated heterocycles. The maximum atomic E-state index is 12.9. The maximum absolute atomic E-state index is 12.9. The lowest BCUT2D eigenvalue weighted by atomic mass is 10.0. The molecule has 20 heavy (non-hydrogen) atoms. The van der Waals surface area contributed by atoms with E-state index in [1.165, 1.54) is 34.1 Å². The number of nitrogens with zero attached hydrogens (tertiary/aromatic N) is 2. The van der Waals surface area contributed by atoms with Crippen LogP contribution in [0.25, 0.3) is 0 Å². The molecule has 2 aliphatic rings. The summed E-state index contributed by atoms with van der Waals surface area (Å²) in [5.74, 6) is -1.50. The third kappa shape index (κ3) is 2.16. The summed E-state index contributed by atoms with van der Waals surface area (Å²) < 4.78 is 12.9. The summed E-state index contributed by atoms with van der Waals surface area (Å²) in [6.45, 7) is 1.07. The molecule has 2 amide bonds. The van der Waals surface area contributed by atoms with Crippen molar-refractivity contribution in [2.45, 2.75) is 12.5 Å². The van der Waals surface area contributed by atoms with Crippen molar-refractivity contribution in [1.82, 2.24) is 4.90 Å². The van der Waals surface area contributed by atoms with Crippen LogP contribution in [0.1, 0.15) is 6.42 Å². The molecule has 2 fully saturated rings. The number of likely N-dealkylation sites (tertiary alicyclic amines) is 1. The fraction of sp³-hybridized carbons (Fsp3) is 0.429. The molecule has 6 heteroatoms. The Balaban J connectivity index is 1.70. The number of aliphatic hydroxyl groups excluding tert-OH is 1. The first kappa shape index (κ1) is 13.1. The molecule has 1 N–H and O–H groups in total. The summed E-state index contributed by atoms with van der Waals surface area (Å²) >= 11 is 0. The third-order valence-corrected chi connectivity index (χ3v) is 3.82. The summed E-state index contributed by atoms with van der Waals surface area (Å²) in [6, 6.07) is 5.66. The van der Waals surface area contributed by atoms with Gasteiger partial charge in [-0.25, -0.2) is 4.39 Å². The van der Waals surface area contributed by atoms with Crippen molar-refractivity contribution in [3.8, 4) is 0 Å². The van der Waals surface area contributed by atoms with E-state index in [1.54, 1.807) is 0 Å². The van der Waals surface area contributed by atoms with Crippen LogP contribution in [0.5, 0.6) is 0 Å². The van der Waals surface area contributed by atoms with E-state index in [1.807, 2.05) is 0 Å². The van der Waals surface area contributed by atoms with E-state index >= 15 is 0 Å². The van der Waals surface area contributed by atoms with E-state index in [9.17, 15) is 19.1 Å². The minimum atomic E-state index is -0.674. The first-order valence-electron chi connectivity index (χ1n) is 6.60. The highest BCUT2D eigenvalue weighted by atomic mass is 19.1. The number of hydrogen-bond acceptors (Lipinski definition) is 3. The van der Waals surface area contributed by atoms with Crippen LogP contribution >= 0.6 is 0 Å². The first-order valence-corrected chi connectivity index (χ1v) is 6.60. The number of anilines is 1. The van der Waals surface area contributed by atoms with Crippen molar-refractivity contribution in [3.63, 3.8) is 0 Å². The van der Waals surface area contributed by atoms with Crippen LogP contribution < -0.4 is 4.90 Å². The zero-order valence-corrected chi connectivity index (χ0v) is 10.8. The molecule has 5 nitrogen and oxygen atoms in total. The van der Waals surface area contributed by atoms with Crippen molar-refractivity contribution < 1.29 is 19.1 Å². The Morgan fingerprint density at radius 1 is 1.25 bits per heavy atom. The Morgan fingerprint density at radius 3 is 2.50 bits per heavy atom. The van der Waals surface area contributed by atoms with Crippen molar-refractivity contribution in [1.29, 1.82) is 0 Å². The largest absolute Gasteiger partial charge is 0.389 e. The van der Waals surface area contributed by atoms with Gasteiger partial charge in [-0.3, -0.25) is 9.59 Å². The molecule has 1 atom stereocenters. The van der Waals surface area contributed by atoms with E-state index in [-0.39, 0.29) is 17.6 Å². The van der Waals surface area contributed by atoms with Gasteiger partial charge in [-0.05, 0) is 30.7 Å². The Bertz CT molecular complexity index is 540. The highest BCUT2D eigenvalue weighted by molar-refractivity contribution is 6.09. The molecule has 1 aromatic carbocycles. The molecular weight excluding hydrogens is 263 g/mol. The number of rotatable bonds is 2. The van der Waals surface area contributed by atoms with Gasteiger partial charge in [-0.1, -0.05) is 0 Å². The van der Waals surface area contributed by atoms with Crippen LogP contribution in [-0.4, -0.2) is 47.6 Å². The average Bonchev–Trinajstić information content (AvgIpc) is 2.77. The standard InChI is InChI=1S/C14H15FN2O3/c15-9-1-3-10(4-2-9)17-6-5-12(14(17)20)13(19)16-7-11(18)8-16/h1-4,11-12,18H,5-8H2/t12-/m0/s1. The van der Waals surface area contributed by atoms with Gasteiger partial charge in [0, 0.05) is 25.3 Å². The second kappa shape index (κ2) is 4.86. The summed E-state index contributed by atoms with van der Waals surface area (Å²) in [6.07, 6.45) is -0.00888. The van der Waals surface area contributed by atoms with Gasteiger partial charge in [-0.15, -0.1) is 0 Å². The zero-order valence-electron chi connectivity index (χ0n) is 10.8. The smallest absolute Gasteiger partial charge is 0.239 e. The fourth-order valence-electron chi connectivity index (χ4n) is 2.64. The van der Waals surface area contributed by atoms with Crippen molar-refractivity contribution in [2.24, 2.45) is 5.92 Å². The number of carbonyl (C=O) groups is 2. The quantitative estimate of drug-likeness (QED) is 0.796. The Kier molecular flexibility index (Phi) is 3.17. The minimum absolute atomic E-state index is 0.218. The molecule has 1 aromatic rings. The molecule has 0 bridgehead atoms. The molecule has 0 unspecified atom stereocenters. The average molecular weight is 278 g/mol. The van der Waals surface area contributed by atoms with E-state index < -0.39 is 12.0 Å². The predicted molar refractivity (Wildman–Crippen MR) is 69.4 cm³/mol. The normalized spacial score (nSPS) is 23.1. The predicted octanol–water partition coefficient (Wildman–Crippen LogP) is 0.382. The molecule has 0 saturated carbocycles. The molecular formula is C14H15FN2O3. The van der Waals surface area contributed by atoms with Crippen LogP contribution in [0.2, 0.25) is 0 Å². The third-order valence-electron chi connectivity index (χ3n) is 3.82. The van der Waals surface area contributed by atoms with Crippen LogP contribution in [-0.2, 0) is 9.59 Å². The minimum Gasteiger partial charge on any atom is -0.389 e. The molecule has 0 spiro atoms. The molecule has 0 aromatic heterocycles. The monoisotopic (exact) mass is 278 g/mol. The van der Waals surface area contributed by atoms with Gasteiger partial charge in [0.2, 0.25) is 11.8 Å². The molecule has 2 aliphatic heterocycles. The molecule has 106 valence electrons. The molecule has 2 heterocycles. The number of hydrogen-bond donors (Lipinski definition) is 1. The highest BCUT2D eigenvalue weighted by Gasteiger charge is 2.42. The number of carbonyl (C=O) groups excluding carboxylic acids is 2. The van der Waals surface area contributed by atoms with Gasteiger partial charge in [0.15, 0.2) is 0 Å². The molecule has 0 aliphatic carbocycles. The maximum Gasteiger partial charge on any atom is 0.239 e. The Labute approximate surface area is 115 Å². The van der Waals surface area contributed by atoms with Gasteiger partial charge in [0.25, 0.3) is 0 Å². The van der Waals surface area contributed by atoms with E-state index in [0.717, 1.165) is 0 Å². The lowest BCUT2D eigenvalue weighted by Crippen LogP contribution is -2.56. The second-order valence-electron chi connectivity index (χ2n) is 5.20. The van der Waals surface area contributed by atoms with Gasteiger partial charge in [0.05, 0.1) is 6.10 Å². The fourth-order valence-corrected chi connectivity index (χ4v) is 2.64. The van der Waals surface area contributed by atoms with Gasteiger partial charge >= 0.3 is 0 Å².